The molecule has 0 aromatic carbocycles. The van der Waals surface area contributed by atoms with E-state index in [1.54, 1.807) is 4.90 Å². The van der Waals surface area contributed by atoms with Gasteiger partial charge in [0.25, 0.3) is 11.8 Å². The number of carbonyl (C=O) groups is 2. The van der Waals surface area contributed by atoms with E-state index in [-0.39, 0.29) is 29.0 Å². The van der Waals surface area contributed by atoms with Crippen LogP contribution in [0.5, 0.6) is 0 Å². The van der Waals surface area contributed by atoms with Crippen molar-refractivity contribution in [1.82, 2.24) is 30.4 Å². The molecule has 0 spiro atoms. The van der Waals surface area contributed by atoms with E-state index < -0.39 is 17.8 Å². The number of H-pyrrole nitrogens is 1. The van der Waals surface area contributed by atoms with Crippen molar-refractivity contribution in [3.63, 3.8) is 0 Å². The molecule has 1 aliphatic rings. The van der Waals surface area contributed by atoms with E-state index in [0.717, 1.165) is 12.1 Å². The van der Waals surface area contributed by atoms with Crippen LogP contribution in [-0.4, -0.2) is 56.0 Å². The fourth-order valence-corrected chi connectivity index (χ4v) is 3.12. The first-order valence-corrected chi connectivity index (χ1v) is 8.76. The lowest BCUT2D eigenvalue weighted by Gasteiger charge is -2.20. The van der Waals surface area contributed by atoms with E-state index in [9.17, 15) is 22.8 Å². The number of hydrogen-bond acceptors (Lipinski definition) is 5. The number of carbonyl (C=O) groups excluding carboxylic acids is 2. The van der Waals surface area contributed by atoms with E-state index in [1.807, 2.05) is 0 Å². The number of hydrogen-bond donors (Lipinski definition) is 2. The summed E-state index contributed by atoms with van der Waals surface area (Å²) in [6.07, 6.45) is -1.44. The maximum Gasteiger partial charge on any atom is 0.433 e. The van der Waals surface area contributed by atoms with Crippen molar-refractivity contribution in [3.05, 3.63) is 41.2 Å². The smallest absolute Gasteiger partial charge is 0.349 e. The van der Waals surface area contributed by atoms with Crippen molar-refractivity contribution in [3.8, 4) is 0 Å². The van der Waals surface area contributed by atoms with E-state index in [0.29, 0.717) is 32.4 Å². The second kappa shape index (κ2) is 7.95. The second-order valence-corrected chi connectivity index (χ2v) is 6.55. The van der Waals surface area contributed by atoms with Gasteiger partial charge in [0.1, 0.15) is 12.0 Å². The third kappa shape index (κ3) is 4.46. The zero-order valence-corrected chi connectivity index (χ0v) is 15.1. The van der Waals surface area contributed by atoms with Gasteiger partial charge in [-0.25, -0.2) is 9.97 Å². The molecule has 2 aromatic heterocycles. The highest BCUT2D eigenvalue weighted by Crippen LogP contribution is 2.28. The Morgan fingerprint density at radius 2 is 2.04 bits per heavy atom. The van der Waals surface area contributed by atoms with Gasteiger partial charge < -0.3 is 10.2 Å². The number of nitrogens with one attached hydrogen (secondary N) is 2. The fraction of sp³-hybridized carbons (Fsp3) is 0.471. The Morgan fingerprint density at radius 3 is 2.68 bits per heavy atom. The van der Waals surface area contributed by atoms with Gasteiger partial charge in [-0.1, -0.05) is 0 Å². The van der Waals surface area contributed by atoms with Gasteiger partial charge in [0, 0.05) is 19.1 Å². The molecule has 2 amide bonds. The van der Waals surface area contributed by atoms with E-state index in [2.05, 4.69) is 25.5 Å². The maximum atomic E-state index is 12.7. The average molecular weight is 396 g/mol. The van der Waals surface area contributed by atoms with Crippen molar-refractivity contribution in [2.75, 3.05) is 13.1 Å². The minimum Gasteiger partial charge on any atom is -0.349 e. The second-order valence-electron chi connectivity index (χ2n) is 6.55. The van der Waals surface area contributed by atoms with Crippen LogP contribution in [0.15, 0.2) is 18.5 Å². The number of nitrogens with zero attached hydrogens (tertiary/aromatic N) is 4. The predicted molar refractivity (Wildman–Crippen MR) is 91.4 cm³/mol. The number of aryl methyl sites for hydroxylation is 1. The molecule has 3 rings (SSSR count). The van der Waals surface area contributed by atoms with Crippen LogP contribution >= 0.6 is 0 Å². The molecule has 2 N–H and O–H groups in total. The molecule has 0 aliphatic carbocycles. The summed E-state index contributed by atoms with van der Waals surface area (Å²) in [4.78, 5) is 33.8. The molecule has 2 aromatic rings. The van der Waals surface area contributed by atoms with Gasteiger partial charge in [-0.15, -0.1) is 0 Å². The molecule has 8 nitrogen and oxygen atoms in total. The maximum absolute atomic E-state index is 12.7. The number of amides is 2. The van der Waals surface area contributed by atoms with E-state index in [4.69, 9.17) is 0 Å². The Bertz CT molecular complexity index is 853. The quantitative estimate of drug-likeness (QED) is 0.825. The normalized spacial score (nSPS) is 17.9. The van der Waals surface area contributed by atoms with Crippen LogP contribution in [0.1, 0.15) is 51.6 Å². The zero-order valence-electron chi connectivity index (χ0n) is 15.1. The topological polar surface area (TPSA) is 104 Å². The minimum atomic E-state index is -4.55. The number of alkyl halides is 3. The van der Waals surface area contributed by atoms with Crippen LogP contribution in [-0.2, 0) is 6.18 Å². The first-order valence-electron chi connectivity index (χ1n) is 8.76. The lowest BCUT2D eigenvalue weighted by Crippen LogP contribution is -2.37. The van der Waals surface area contributed by atoms with Crippen LogP contribution < -0.4 is 5.32 Å². The molecule has 1 saturated heterocycles. The van der Waals surface area contributed by atoms with Crippen molar-refractivity contribution >= 4 is 11.8 Å². The van der Waals surface area contributed by atoms with Crippen LogP contribution in [0.25, 0.3) is 0 Å². The SMILES string of the molecule is Cc1nc(C(F)(F)F)ccc1C(=O)NC1CCCN(C(=O)c2ncn[nH]2)CC1. The summed E-state index contributed by atoms with van der Waals surface area (Å²) in [6.45, 7) is 2.32. The van der Waals surface area contributed by atoms with Gasteiger partial charge in [0.15, 0.2) is 0 Å². The Hall–Kier alpha value is -2.98. The molecule has 11 heteroatoms. The molecule has 28 heavy (non-hydrogen) atoms. The number of halogens is 3. The van der Waals surface area contributed by atoms with E-state index >= 15 is 0 Å². The molecule has 0 radical (unpaired) electrons. The summed E-state index contributed by atoms with van der Waals surface area (Å²) < 4.78 is 38.1. The third-order valence-electron chi connectivity index (χ3n) is 4.59. The molecule has 1 aliphatic heterocycles. The largest absolute Gasteiger partial charge is 0.433 e. The Morgan fingerprint density at radius 1 is 1.25 bits per heavy atom. The average Bonchev–Trinajstić information content (AvgIpc) is 3.07. The highest BCUT2D eigenvalue weighted by Gasteiger charge is 2.33. The minimum absolute atomic E-state index is 0.0167. The standard InChI is InChI=1S/C17H19F3N6O2/c1-10-12(4-5-13(23-10)17(18,19)20)15(27)24-11-3-2-7-26(8-6-11)16(28)14-21-9-22-25-14/h4-5,9,11H,2-3,6-8H2,1H3,(H,24,27)(H,21,22,25). The molecule has 150 valence electrons. The Labute approximate surface area is 158 Å². The fourth-order valence-electron chi connectivity index (χ4n) is 3.12. The van der Waals surface area contributed by atoms with Crippen LogP contribution in [0, 0.1) is 6.92 Å². The monoisotopic (exact) mass is 396 g/mol. The van der Waals surface area contributed by atoms with Gasteiger partial charge >= 0.3 is 6.18 Å². The Kier molecular flexibility index (Phi) is 5.61. The molecular weight excluding hydrogens is 377 g/mol. The summed E-state index contributed by atoms with van der Waals surface area (Å²) >= 11 is 0. The molecule has 1 unspecified atom stereocenters. The lowest BCUT2D eigenvalue weighted by atomic mass is 10.1. The molecule has 3 heterocycles. The number of rotatable bonds is 3. The van der Waals surface area contributed by atoms with Gasteiger partial charge in [-0.05, 0) is 38.3 Å². The number of aromatic nitrogens is 4. The summed E-state index contributed by atoms with van der Waals surface area (Å²) in [7, 11) is 0. The molecule has 0 bridgehead atoms. The predicted octanol–water partition coefficient (Wildman–Crippen LogP) is 1.95. The third-order valence-corrected chi connectivity index (χ3v) is 4.59. The van der Waals surface area contributed by atoms with E-state index in [1.165, 1.54) is 13.3 Å². The van der Waals surface area contributed by atoms with Gasteiger partial charge in [0.05, 0.1) is 11.3 Å². The summed E-state index contributed by atoms with van der Waals surface area (Å²) in [6, 6.07) is 1.74. The van der Waals surface area contributed by atoms with Gasteiger partial charge in [-0.2, -0.15) is 18.3 Å². The summed E-state index contributed by atoms with van der Waals surface area (Å²) in [5, 5.41) is 9.03. The highest BCUT2D eigenvalue weighted by molar-refractivity contribution is 5.95. The summed E-state index contributed by atoms with van der Waals surface area (Å²) in [5.74, 6) is -0.570. The molecular formula is C17H19F3N6O2. The Balaban J connectivity index is 1.61. The van der Waals surface area contributed by atoms with Gasteiger partial charge in [0.2, 0.25) is 5.82 Å². The highest BCUT2D eigenvalue weighted by atomic mass is 19.4. The van der Waals surface area contributed by atoms with Crippen LogP contribution in [0.2, 0.25) is 0 Å². The number of pyridine rings is 1. The first-order chi connectivity index (χ1) is 13.3. The van der Waals surface area contributed by atoms with Gasteiger partial charge in [-0.3, -0.25) is 14.7 Å². The summed E-state index contributed by atoms with van der Waals surface area (Å²) in [5.41, 5.74) is -0.910. The number of likely N-dealkylation sites (tertiary alicyclic amines) is 1. The molecule has 1 atom stereocenters. The van der Waals surface area contributed by atoms with Crippen LogP contribution in [0.4, 0.5) is 13.2 Å². The van der Waals surface area contributed by atoms with Crippen molar-refractivity contribution in [2.45, 2.75) is 38.4 Å². The van der Waals surface area contributed by atoms with Crippen molar-refractivity contribution < 1.29 is 22.8 Å². The molecule has 1 fully saturated rings. The molecule has 0 saturated carbocycles. The number of aromatic amines is 1. The first kappa shape index (κ1) is 19.8. The zero-order chi connectivity index (χ0) is 20.3. The van der Waals surface area contributed by atoms with Crippen molar-refractivity contribution in [2.24, 2.45) is 0 Å². The lowest BCUT2D eigenvalue weighted by molar-refractivity contribution is -0.141. The van der Waals surface area contributed by atoms with Crippen molar-refractivity contribution in [1.29, 1.82) is 0 Å². The van der Waals surface area contributed by atoms with Crippen LogP contribution in [0.3, 0.4) is 0 Å².